The largest absolute Gasteiger partial charge is 0.343 e. The molecule has 20 heavy (non-hydrogen) atoms. The summed E-state index contributed by atoms with van der Waals surface area (Å²) in [5.74, 6) is 0. The minimum absolute atomic E-state index is 0.186. The van der Waals surface area contributed by atoms with E-state index in [1.165, 1.54) is 22.0 Å². The van der Waals surface area contributed by atoms with Gasteiger partial charge in [-0.2, -0.15) is 0 Å². The predicted molar refractivity (Wildman–Crippen MR) is 84.8 cm³/mol. The van der Waals surface area contributed by atoms with Gasteiger partial charge in [-0.1, -0.05) is 48.5 Å². The SMILES string of the molecule is C[C@H](N)Cc1cn(Cc2ccccc2)c2ccccc12. The Morgan fingerprint density at radius 2 is 1.70 bits per heavy atom. The van der Waals surface area contributed by atoms with Gasteiger partial charge in [0.2, 0.25) is 0 Å². The molecule has 0 bridgehead atoms. The van der Waals surface area contributed by atoms with Crippen LogP contribution in [0.25, 0.3) is 10.9 Å². The number of nitrogens with zero attached hydrogens (tertiary/aromatic N) is 1. The molecule has 1 aromatic heterocycles. The number of aromatic nitrogens is 1. The standard InChI is InChI=1S/C18H20N2/c1-14(19)11-16-13-20(12-15-7-3-2-4-8-15)18-10-6-5-9-17(16)18/h2-10,13-14H,11-12,19H2,1H3/t14-/m0/s1. The van der Waals surface area contributed by atoms with Crippen molar-refractivity contribution in [1.29, 1.82) is 0 Å². The minimum atomic E-state index is 0.186. The van der Waals surface area contributed by atoms with Crippen LogP contribution < -0.4 is 5.73 Å². The maximum absolute atomic E-state index is 5.97. The lowest BCUT2D eigenvalue weighted by atomic mass is 10.1. The Morgan fingerprint density at radius 3 is 2.45 bits per heavy atom. The van der Waals surface area contributed by atoms with Gasteiger partial charge in [0, 0.05) is 29.7 Å². The number of nitrogens with two attached hydrogens (primary N) is 1. The second kappa shape index (κ2) is 5.51. The number of fused-ring (bicyclic) bond motifs is 1. The molecule has 2 N–H and O–H groups in total. The zero-order valence-corrected chi connectivity index (χ0v) is 11.8. The van der Waals surface area contributed by atoms with Gasteiger partial charge in [-0.25, -0.2) is 0 Å². The third-order valence-corrected chi connectivity index (χ3v) is 3.61. The van der Waals surface area contributed by atoms with Crippen LogP contribution in [0.5, 0.6) is 0 Å². The average Bonchev–Trinajstić information content (AvgIpc) is 2.78. The lowest BCUT2D eigenvalue weighted by Crippen LogP contribution is -2.17. The third kappa shape index (κ3) is 2.61. The molecule has 2 aromatic carbocycles. The first kappa shape index (κ1) is 12.9. The highest BCUT2D eigenvalue weighted by Crippen LogP contribution is 2.23. The lowest BCUT2D eigenvalue weighted by molar-refractivity contribution is 0.735. The van der Waals surface area contributed by atoms with Crippen LogP contribution in [0.3, 0.4) is 0 Å². The van der Waals surface area contributed by atoms with Gasteiger partial charge in [0.15, 0.2) is 0 Å². The molecule has 0 aliphatic heterocycles. The summed E-state index contributed by atoms with van der Waals surface area (Å²) in [6.07, 6.45) is 3.17. The van der Waals surface area contributed by atoms with E-state index in [2.05, 4.69) is 72.3 Å². The van der Waals surface area contributed by atoms with Gasteiger partial charge in [0.05, 0.1) is 0 Å². The Hall–Kier alpha value is -2.06. The number of rotatable bonds is 4. The van der Waals surface area contributed by atoms with E-state index >= 15 is 0 Å². The molecular formula is C18H20N2. The van der Waals surface area contributed by atoms with Crippen LogP contribution >= 0.6 is 0 Å². The summed E-state index contributed by atoms with van der Waals surface area (Å²) in [6.45, 7) is 2.96. The van der Waals surface area contributed by atoms with Gasteiger partial charge in [0.25, 0.3) is 0 Å². The molecule has 2 heteroatoms. The van der Waals surface area contributed by atoms with Crippen molar-refractivity contribution >= 4 is 10.9 Å². The summed E-state index contributed by atoms with van der Waals surface area (Å²) in [5, 5.41) is 1.32. The molecule has 3 rings (SSSR count). The third-order valence-electron chi connectivity index (χ3n) is 3.61. The molecule has 0 fully saturated rings. The minimum Gasteiger partial charge on any atom is -0.343 e. The van der Waals surface area contributed by atoms with Gasteiger partial charge < -0.3 is 10.3 Å². The van der Waals surface area contributed by atoms with Crippen LogP contribution in [0.2, 0.25) is 0 Å². The summed E-state index contributed by atoms with van der Waals surface area (Å²) in [5.41, 5.74) is 9.91. The van der Waals surface area contributed by atoms with Crippen LogP contribution in [0.4, 0.5) is 0 Å². The molecular weight excluding hydrogens is 244 g/mol. The molecule has 0 spiro atoms. The van der Waals surface area contributed by atoms with Crippen LogP contribution in [0.15, 0.2) is 60.8 Å². The summed E-state index contributed by atoms with van der Waals surface area (Å²) in [7, 11) is 0. The predicted octanol–water partition coefficient (Wildman–Crippen LogP) is 3.58. The summed E-state index contributed by atoms with van der Waals surface area (Å²) >= 11 is 0. The molecule has 0 saturated carbocycles. The highest BCUT2D eigenvalue weighted by atomic mass is 15.0. The Kier molecular flexibility index (Phi) is 3.57. The van der Waals surface area contributed by atoms with Crippen molar-refractivity contribution < 1.29 is 0 Å². The van der Waals surface area contributed by atoms with E-state index in [9.17, 15) is 0 Å². The molecule has 0 unspecified atom stereocenters. The van der Waals surface area contributed by atoms with E-state index in [1.807, 2.05) is 0 Å². The molecule has 1 atom stereocenters. The molecule has 102 valence electrons. The molecule has 0 aliphatic rings. The molecule has 2 nitrogen and oxygen atoms in total. The van der Waals surface area contributed by atoms with Crippen molar-refractivity contribution in [3.05, 3.63) is 71.9 Å². The van der Waals surface area contributed by atoms with Gasteiger partial charge in [-0.05, 0) is 30.5 Å². The zero-order valence-electron chi connectivity index (χ0n) is 11.8. The zero-order chi connectivity index (χ0) is 13.9. The van der Waals surface area contributed by atoms with Crippen molar-refractivity contribution in [2.24, 2.45) is 5.73 Å². The van der Waals surface area contributed by atoms with Crippen LogP contribution in [0, 0.1) is 0 Å². The second-order valence-corrected chi connectivity index (χ2v) is 5.47. The average molecular weight is 264 g/mol. The van der Waals surface area contributed by atoms with Gasteiger partial charge >= 0.3 is 0 Å². The first-order chi connectivity index (χ1) is 9.74. The number of benzene rings is 2. The van der Waals surface area contributed by atoms with E-state index in [0.29, 0.717) is 0 Å². The normalized spacial score (nSPS) is 12.7. The Labute approximate surface area is 119 Å². The topological polar surface area (TPSA) is 30.9 Å². The highest BCUT2D eigenvalue weighted by molar-refractivity contribution is 5.84. The van der Waals surface area contributed by atoms with Crippen molar-refractivity contribution in [2.75, 3.05) is 0 Å². The smallest absolute Gasteiger partial charge is 0.0486 e. The Bertz CT molecular complexity index is 696. The molecule has 0 amide bonds. The van der Waals surface area contributed by atoms with Crippen LogP contribution in [0.1, 0.15) is 18.1 Å². The summed E-state index contributed by atoms with van der Waals surface area (Å²) < 4.78 is 2.32. The maximum atomic E-state index is 5.97. The van der Waals surface area contributed by atoms with Crippen LogP contribution in [-0.4, -0.2) is 10.6 Å². The van der Waals surface area contributed by atoms with Gasteiger partial charge in [-0.15, -0.1) is 0 Å². The van der Waals surface area contributed by atoms with Crippen molar-refractivity contribution in [3.63, 3.8) is 0 Å². The lowest BCUT2D eigenvalue weighted by Gasteiger charge is -2.05. The van der Waals surface area contributed by atoms with E-state index < -0.39 is 0 Å². The van der Waals surface area contributed by atoms with Crippen molar-refractivity contribution in [1.82, 2.24) is 4.57 Å². The van der Waals surface area contributed by atoms with Crippen molar-refractivity contribution in [3.8, 4) is 0 Å². The fourth-order valence-corrected chi connectivity index (χ4v) is 2.74. The highest BCUT2D eigenvalue weighted by Gasteiger charge is 2.09. The van der Waals surface area contributed by atoms with Crippen LogP contribution in [-0.2, 0) is 13.0 Å². The molecule has 1 heterocycles. The Morgan fingerprint density at radius 1 is 1.00 bits per heavy atom. The van der Waals surface area contributed by atoms with Gasteiger partial charge in [-0.3, -0.25) is 0 Å². The van der Waals surface area contributed by atoms with E-state index in [1.54, 1.807) is 0 Å². The van der Waals surface area contributed by atoms with E-state index in [4.69, 9.17) is 5.73 Å². The summed E-state index contributed by atoms with van der Waals surface area (Å²) in [6, 6.07) is 19.3. The Balaban J connectivity index is 2.02. The molecule has 0 saturated heterocycles. The second-order valence-electron chi connectivity index (χ2n) is 5.47. The first-order valence-electron chi connectivity index (χ1n) is 7.10. The maximum Gasteiger partial charge on any atom is 0.0486 e. The van der Waals surface area contributed by atoms with E-state index in [0.717, 1.165) is 13.0 Å². The van der Waals surface area contributed by atoms with E-state index in [-0.39, 0.29) is 6.04 Å². The number of hydrogen-bond acceptors (Lipinski definition) is 1. The van der Waals surface area contributed by atoms with Crippen molar-refractivity contribution in [2.45, 2.75) is 25.9 Å². The number of para-hydroxylation sites is 1. The molecule has 3 aromatic rings. The summed E-state index contributed by atoms with van der Waals surface area (Å²) in [4.78, 5) is 0. The quantitative estimate of drug-likeness (QED) is 0.767. The molecule has 0 aliphatic carbocycles. The first-order valence-corrected chi connectivity index (χ1v) is 7.10. The van der Waals surface area contributed by atoms with Gasteiger partial charge in [0.1, 0.15) is 0 Å². The number of hydrogen-bond donors (Lipinski definition) is 1. The fraction of sp³-hybridized carbons (Fsp3) is 0.222. The fourth-order valence-electron chi connectivity index (χ4n) is 2.74. The monoisotopic (exact) mass is 264 g/mol. The molecule has 0 radical (unpaired) electrons.